The molecule has 0 fully saturated rings. The lowest BCUT2D eigenvalue weighted by atomic mass is 9.81. The maximum Gasteiger partial charge on any atom is 0.123 e. The third-order valence-electron chi connectivity index (χ3n) is 3.55. The first kappa shape index (κ1) is 16.2. The number of benzene rings is 1. The van der Waals surface area contributed by atoms with Crippen LogP contribution in [-0.2, 0) is 0 Å². The van der Waals surface area contributed by atoms with Crippen molar-refractivity contribution < 1.29 is 4.39 Å². The monoisotopic (exact) mass is 265 g/mol. The standard InChI is InChI=1S/C17H28FN/c1-11(10-17(4,5)6)7-15(19)16-12(2)8-14(18)9-13(16)3/h8-9,11,15H,7,10,19H2,1-6H3. The Hall–Kier alpha value is -0.890. The molecule has 0 saturated heterocycles. The minimum atomic E-state index is -0.173. The zero-order chi connectivity index (χ0) is 14.8. The quantitative estimate of drug-likeness (QED) is 0.823. The third-order valence-corrected chi connectivity index (χ3v) is 3.55. The molecule has 1 rings (SSSR count). The summed E-state index contributed by atoms with van der Waals surface area (Å²) in [7, 11) is 0. The van der Waals surface area contributed by atoms with Crippen molar-refractivity contribution in [2.75, 3.05) is 0 Å². The van der Waals surface area contributed by atoms with Crippen LogP contribution in [0.2, 0.25) is 0 Å². The first-order valence-electron chi connectivity index (χ1n) is 7.12. The van der Waals surface area contributed by atoms with Crippen molar-refractivity contribution in [2.24, 2.45) is 17.1 Å². The minimum absolute atomic E-state index is 0.00190. The van der Waals surface area contributed by atoms with Crippen LogP contribution in [0, 0.1) is 31.0 Å². The van der Waals surface area contributed by atoms with E-state index in [2.05, 4.69) is 27.7 Å². The van der Waals surface area contributed by atoms with E-state index < -0.39 is 0 Å². The Morgan fingerprint density at radius 3 is 2.05 bits per heavy atom. The predicted octanol–water partition coefficient (Wildman–Crippen LogP) is 4.90. The van der Waals surface area contributed by atoms with E-state index in [0.29, 0.717) is 11.3 Å². The molecule has 0 spiro atoms. The molecule has 19 heavy (non-hydrogen) atoms. The van der Waals surface area contributed by atoms with E-state index in [9.17, 15) is 4.39 Å². The zero-order valence-electron chi connectivity index (χ0n) is 13.2. The largest absolute Gasteiger partial charge is 0.324 e. The maximum atomic E-state index is 13.3. The number of hydrogen-bond acceptors (Lipinski definition) is 1. The molecular weight excluding hydrogens is 237 g/mol. The lowest BCUT2D eigenvalue weighted by molar-refractivity contribution is 0.286. The summed E-state index contributed by atoms with van der Waals surface area (Å²) >= 11 is 0. The molecule has 0 radical (unpaired) electrons. The lowest BCUT2D eigenvalue weighted by Gasteiger charge is -2.26. The average molecular weight is 265 g/mol. The molecule has 0 amide bonds. The van der Waals surface area contributed by atoms with Crippen molar-refractivity contribution in [3.05, 3.63) is 34.6 Å². The number of halogens is 1. The van der Waals surface area contributed by atoms with Crippen molar-refractivity contribution in [2.45, 2.75) is 60.4 Å². The van der Waals surface area contributed by atoms with Gasteiger partial charge in [-0.1, -0.05) is 27.7 Å². The Bertz CT molecular complexity index is 408. The van der Waals surface area contributed by atoms with Gasteiger partial charge in [0.25, 0.3) is 0 Å². The molecule has 2 unspecified atom stereocenters. The van der Waals surface area contributed by atoms with Crippen LogP contribution in [0.25, 0.3) is 0 Å². The van der Waals surface area contributed by atoms with Gasteiger partial charge in [0.1, 0.15) is 5.82 Å². The van der Waals surface area contributed by atoms with Gasteiger partial charge in [0, 0.05) is 6.04 Å². The maximum absolute atomic E-state index is 13.3. The molecule has 0 aromatic heterocycles. The van der Waals surface area contributed by atoms with Crippen LogP contribution in [-0.4, -0.2) is 0 Å². The summed E-state index contributed by atoms with van der Waals surface area (Å²) < 4.78 is 13.3. The van der Waals surface area contributed by atoms with Gasteiger partial charge in [0.15, 0.2) is 0 Å². The summed E-state index contributed by atoms with van der Waals surface area (Å²) in [6.07, 6.45) is 2.10. The Balaban J connectivity index is 2.81. The molecular formula is C17H28FN. The van der Waals surface area contributed by atoms with Crippen molar-refractivity contribution in [1.82, 2.24) is 0 Å². The fraction of sp³-hybridized carbons (Fsp3) is 0.647. The van der Waals surface area contributed by atoms with E-state index in [-0.39, 0.29) is 11.9 Å². The normalized spacial score (nSPS) is 15.4. The Kier molecular flexibility index (Phi) is 5.14. The summed E-state index contributed by atoms with van der Waals surface area (Å²) in [5.41, 5.74) is 9.71. The summed E-state index contributed by atoms with van der Waals surface area (Å²) in [6.45, 7) is 12.9. The van der Waals surface area contributed by atoms with Crippen molar-refractivity contribution in [3.8, 4) is 0 Å². The van der Waals surface area contributed by atoms with Crippen LogP contribution in [0.4, 0.5) is 4.39 Å². The predicted molar refractivity (Wildman–Crippen MR) is 80.7 cm³/mol. The topological polar surface area (TPSA) is 26.0 Å². The summed E-state index contributed by atoms with van der Waals surface area (Å²) in [5, 5.41) is 0. The van der Waals surface area contributed by atoms with Crippen molar-refractivity contribution in [1.29, 1.82) is 0 Å². The number of rotatable bonds is 4. The van der Waals surface area contributed by atoms with E-state index in [1.807, 2.05) is 13.8 Å². The molecule has 0 aliphatic rings. The molecule has 2 N–H and O–H groups in total. The number of nitrogens with two attached hydrogens (primary N) is 1. The molecule has 108 valence electrons. The average Bonchev–Trinajstić information content (AvgIpc) is 2.10. The van der Waals surface area contributed by atoms with Crippen LogP contribution in [0.15, 0.2) is 12.1 Å². The van der Waals surface area contributed by atoms with Gasteiger partial charge in [-0.2, -0.15) is 0 Å². The summed E-state index contributed by atoms with van der Waals surface area (Å²) in [4.78, 5) is 0. The Morgan fingerprint density at radius 2 is 1.63 bits per heavy atom. The van der Waals surface area contributed by atoms with Crippen LogP contribution in [0.1, 0.15) is 63.3 Å². The molecule has 1 nitrogen and oxygen atoms in total. The van der Waals surface area contributed by atoms with Crippen LogP contribution >= 0.6 is 0 Å². The Morgan fingerprint density at radius 1 is 1.16 bits per heavy atom. The zero-order valence-corrected chi connectivity index (χ0v) is 13.2. The summed E-state index contributed by atoms with van der Waals surface area (Å²) in [5.74, 6) is 0.396. The molecule has 2 atom stereocenters. The molecule has 1 aromatic rings. The minimum Gasteiger partial charge on any atom is -0.324 e. The first-order valence-corrected chi connectivity index (χ1v) is 7.12. The molecule has 0 aliphatic carbocycles. The second kappa shape index (κ2) is 6.04. The van der Waals surface area contributed by atoms with Crippen LogP contribution in [0.5, 0.6) is 0 Å². The molecule has 2 heteroatoms. The van der Waals surface area contributed by atoms with Crippen molar-refractivity contribution >= 4 is 0 Å². The van der Waals surface area contributed by atoms with E-state index in [4.69, 9.17) is 5.73 Å². The van der Waals surface area contributed by atoms with Gasteiger partial charge < -0.3 is 5.73 Å². The summed E-state index contributed by atoms with van der Waals surface area (Å²) in [6, 6.07) is 3.16. The fourth-order valence-corrected chi connectivity index (χ4v) is 3.19. The van der Waals surface area contributed by atoms with Gasteiger partial charge in [-0.15, -0.1) is 0 Å². The van der Waals surface area contributed by atoms with E-state index in [1.54, 1.807) is 12.1 Å². The first-order chi connectivity index (χ1) is 8.60. The van der Waals surface area contributed by atoms with Crippen LogP contribution in [0.3, 0.4) is 0 Å². The highest BCUT2D eigenvalue weighted by Crippen LogP contribution is 2.31. The highest BCUT2D eigenvalue weighted by Gasteiger charge is 2.20. The SMILES string of the molecule is Cc1cc(F)cc(C)c1C(N)CC(C)CC(C)(C)C. The van der Waals surface area contributed by atoms with E-state index in [1.165, 1.54) is 0 Å². The van der Waals surface area contributed by atoms with Gasteiger partial charge in [-0.25, -0.2) is 4.39 Å². The molecule has 0 saturated carbocycles. The highest BCUT2D eigenvalue weighted by atomic mass is 19.1. The van der Waals surface area contributed by atoms with Gasteiger partial charge >= 0.3 is 0 Å². The number of aryl methyl sites for hydroxylation is 2. The Labute approximate surface area is 117 Å². The second-order valence-corrected chi connectivity index (χ2v) is 7.17. The molecule has 0 aliphatic heterocycles. The van der Waals surface area contributed by atoms with E-state index >= 15 is 0 Å². The van der Waals surface area contributed by atoms with Gasteiger partial charge in [-0.05, 0) is 66.8 Å². The fourth-order valence-electron chi connectivity index (χ4n) is 3.19. The number of hydrogen-bond donors (Lipinski definition) is 1. The molecule has 0 bridgehead atoms. The third kappa shape index (κ3) is 4.94. The smallest absolute Gasteiger partial charge is 0.123 e. The molecule has 0 heterocycles. The highest BCUT2D eigenvalue weighted by molar-refractivity contribution is 5.36. The van der Waals surface area contributed by atoms with Crippen molar-refractivity contribution in [3.63, 3.8) is 0 Å². The van der Waals surface area contributed by atoms with Gasteiger partial charge in [0.05, 0.1) is 0 Å². The van der Waals surface area contributed by atoms with Gasteiger partial charge in [-0.3, -0.25) is 0 Å². The van der Waals surface area contributed by atoms with E-state index in [0.717, 1.165) is 29.5 Å². The lowest BCUT2D eigenvalue weighted by Crippen LogP contribution is -2.19. The second-order valence-electron chi connectivity index (χ2n) is 7.17. The molecule has 1 aromatic carbocycles. The van der Waals surface area contributed by atoms with Crippen LogP contribution < -0.4 is 5.73 Å². The van der Waals surface area contributed by atoms with Gasteiger partial charge in [0.2, 0.25) is 0 Å².